The van der Waals surface area contributed by atoms with Crippen molar-refractivity contribution in [2.75, 3.05) is 5.88 Å². The van der Waals surface area contributed by atoms with Gasteiger partial charge >= 0.3 is 0 Å². The molecule has 1 heterocycles. The number of carbonyl (C=O) groups excluding carboxylic acids is 1. The Hall–Kier alpha value is -1.59. The van der Waals surface area contributed by atoms with Crippen molar-refractivity contribution in [3.8, 4) is 0 Å². The highest BCUT2D eigenvalue weighted by molar-refractivity contribution is 6.31. The molecule has 0 aliphatic rings. The molecule has 5 nitrogen and oxygen atoms in total. The van der Waals surface area contributed by atoms with Crippen LogP contribution >= 0.6 is 23.2 Å². The van der Waals surface area contributed by atoms with E-state index in [0.717, 1.165) is 0 Å². The number of aromatic nitrogens is 2. The second-order valence-electron chi connectivity index (χ2n) is 6.21. The van der Waals surface area contributed by atoms with Crippen LogP contribution in [0.25, 0.3) is 10.9 Å². The first-order valence-electron chi connectivity index (χ1n) is 7.20. The fourth-order valence-corrected chi connectivity index (χ4v) is 2.45. The van der Waals surface area contributed by atoms with E-state index in [0.29, 0.717) is 21.7 Å². The van der Waals surface area contributed by atoms with Gasteiger partial charge in [0.1, 0.15) is 5.82 Å². The van der Waals surface area contributed by atoms with Crippen LogP contribution in [0.15, 0.2) is 23.0 Å². The third-order valence-electron chi connectivity index (χ3n) is 3.76. The zero-order valence-corrected chi connectivity index (χ0v) is 15.0. The van der Waals surface area contributed by atoms with Crippen molar-refractivity contribution in [2.24, 2.45) is 12.5 Å². The average molecular weight is 356 g/mol. The maximum atomic E-state index is 12.4. The lowest BCUT2D eigenvalue weighted by Gasteiger charge is -2.24. The van der Waals surface area contributed by atoms with Crippen LogP contribution in [-0.2, 0) is 11.8 Å². The van der Waals surface area contributed by atoms with Crippen LogP contribution in [-0.4, -0.2) is 21.3 Å². The van der Waals surface area contributed by atoms with Gasteiger partial charge in [0.25, 0.3) is 5.56 Å². The number of hydrogen-bond acceptors (Lipinski definition) is 3. The molecule has 0 aliphatic heterocycles. The zero-order valence-electron chi connectivity index (χ0n) is 13.5. The van der Waals surface area contributed by atoms with E-state index in [1.807, 2.05) is 0 Å². The molecule has 0 saturated carbocycles. The molecule has 124 valence electrons. The summed E-state index contributed by atoms with van der Waals surface area (Å²) in [5, 5.41) is 3.85. The van der Waals surface area contributed by atoms with Gasteiger partial charge in [0, 0.05) is 18.0 Å². The first-order valence-corrected chi connectivity index (χ1v) is 8.11. The molecule has 7 heteroatoms. The molecule has 2 rings (SSSR count). The maximum Gasteiger partial charge on any atom is 0.261 e. The van der Waals surface area contributed by atoms with E-state index in [2.05, 4.69) is 10.3 Å². The number of nitrogens with one attached hydrogen (secondary N) is 1. The van der Waals surface area contributed by atoms with Gasteiger partial charge in [-0.05, 0) is 39.0 Å². The minimum absolute atomic E-state index is 0.181. The van der Waals surface area contributed by atoms with Crippen molar-refractivity contribution in [3.05, 3.63) is 39.4 Å². The SMILES string of the molecule is CC(NC(=O)C(C)(C)CCl)c1nc2cc(Cl)ccc2c(=O)n1C. The fraction of sp³-hybridized carbons (Fsp3) is 0.438. The van der Waals surface area contributed by atoms with E-state index in [4.69, 9.17) is 23.2 Å². The first-order chi connectivity index (χ1) is 10.7. The molecule has 0 aliphatic carbocycles. The predicted octanol–water partition coefficient (Wildman–Crippen LogP) is 3.03. The average Bonchev–Trinajstić information content (AvgIpc) is 2.50. The third-order valence-corrected chi connectivity index (χ3v) is 4.66. The summed E-state index contributed by atoms with van der Waals surface area (Å²) < 4.78 is 1.44. The molecular weight excluding hydrogens is 337 g/mol. The van der Waals surface area contributed by atoms with Crippen molar-refractivity contribution in [3.63, 3.8) is 0 Å². The normalized spacial score (nSPS) is 13.1. The highest BCUT2D eigenvalue weighted by atomic mass is 35.5. The van der Waals surface area contributed by atoms with Crippen LogP contribution in [0.3, 0.4) is 0 Å². The summed E-state index contributed by atoms with van der Waals surface area (Å²) in [4.78, 5) is 29.2. The minimum atomic E-state index is -0.700. The lowest BCUT2D eigenvalue weighted by atomic mass is 9.95. The van der Waals surface area contributed by atoms with Crippen LogP contribution in [0.4, 0.5) is 0 Å². The molecule has 1 amide bonds. The lowest BCUT2D eigenvalue weighted by molar-refractivity contribution is -0.129. The molecule has 1 atom stereocenters. The van der Waals surface area contributed by atoms with E-state index in [1.165, 1.54) is 4.57 Å². The summed E-state index contributed by atoms with van der Waals surface area (Å²) in [5.41, 5.74) is -0.373. The highest BCUT2D eigenvalue weighted by Crippen LogP contribution is 2.21. The number of hydrogen-bond donors (Lipinski definition) is 1. The number of benzene rings is 1. The summed E-state index contributed by atoms with van der Waals surface area (Å²) in [5.74, 6) is 0.467. The Morgan fingerprint density at radius 3 is 2.70 bits per heavy atom. The second-order valence-corrected chi connectivity index (χ2v) is 6.91. The summed E-state index contributed by atoms with van der Waals surface area (Å²) in [6.45, 7) is 5.30. The molecule has 0 saturated heterocycles. The first kappa shape index (κ1) is 17.8. The van der Waals surface area contributed by atoms with Gasteiger partial charge in [0.05, 0.1) is 22.4 Å². The Morgan fingerprint density at radius 2 is 2.09 bits per heavy atom. The van der Waals surface area contributed by atoms with E-state index in [9.17, 15) is 9.59 Å². The Balaban J connectivity index is 2.45. The smallest absolute Gasteiger partial charge is 0.261 e. The number of halogens is 2. The summed E-state index contributed by atoms with van der Waals surface area (Å²) in [7, 11) is 1.63. The molecule has 0 spiro atoms. The Morgan fingerprint density at radius 1 is 1.43 bits per heavy atom. The number of alkyl halides is 1. The molecular formula is C16H19Cl2N3O2. The quantitative estimate of drug-likeness (QED) is 0.857. The van der Waals surface area contributed by atoms with Gasteiger partial charge in [-0.3, -0.25) is 14.2 Å². The second kappa shape index (κ2) is 6.49. The Bertz CT molecular complexity index is 815. The molecule has 1 aromatic carbocycles. The molecule has 0 fully saturated rings. The summed E-state index contributed by atoms with van der Waals surface area (Å²) in [6, 6.07) is 4.50. The van der Waals surface area contributed by atoms with E-state index < -0.39 is 11.5 Å². The topological polar surface area (TPSA) is 64.0 Å². The standard InChI is InChI=1S/C16H19Cl2N3O2/c1-9(19-15(23)16(2,3)8-17)13-20-12-7-10(18)5-6-11(12)14(22)21(13)4/h5-7,9H,8H2,1-4H3,(H,19,23). The highest BCUT2D eigenvalue weighted by Gasteiger charge is 2.28. The molecule has 0 radical (unpaired) electrons. The van der Waals surface area contributed by atoms with Crippen molar-refractivity contribution in [2.45, 2.75) is 26.8 Å². The van der Waals surface area contributed by atoms with Crippen molar-refractivity contribution in [1.29, 1.82) is 0 Å². The lowest BCUT2D eigenvalue weighted by Crippen LogP contribution is -2.41. The molecule has 0 bridgehead atoms. The van der Waals surface area contributed by atoms with Crippen LogP contribution in [0.2, 0.25) is 5.02 Å². The van der Waals surface area contributed by atoms with Gasteiger partial charge < -0.3 is 5.32 Å². The Labute approximate surface area is 144 Å². The number of nitrogens with zero attached hydrogens (tertiary/aromatic N) is 2. The largest absolute Gasteiger partial charge is 0.346 e. The van der Waals surface area contributed by atoms with Gasteiger partial charge in [-0.1, -0.05) is 11.6 Å². The fourth-order valence-electron chi connectivity index (χ4n) is 2.17. The van der Waals surface area contributed by atoms with Gasteiger partial charge in [-0.15, -0.1) is 11.6 Å². The van der Waals surface area contributed by atoms with E-state index in [1.54, 1.807) is 46.0 Å². The molecule has 1 unspecified atom stereocenters. The van der Waals surface area contributed by atoms with Crippen LogP contribution < -0.4 is 10.9 Å². The number of carbonyl (C=O) groups is 1. The molecule has 23 heavy (non-hydrogen) atoms. The van der Waals surface area contributed by atoms with Gasteiger partial charge in [-0.2, -0.15) is 0 Å². The summed E-state index contributed by atoms with van der Waals surface area (Å²) in [6.07, 6.45) is 0. The minimum Gasteiger partial charge on any atom is -0.346 e. The van der Waals surface area contributed by atoms with Gasteiger partial charge in [-0.25, -0.2) is 4.98 Å². The molecule has 1 N–H and O–H groups in total. The van der Waals surface area contributed by atoms with Crippen LogP contribution in [0.5, 0.6) is 0 Å². The van der Waals surface area contributed by atoms with E-state index in [-0.39, 0.29) is 17.3 Å². The number of amides is 1. The van der Waals surface area contributed by atoms with Gasteiger partial charge in [0.2, 0.25) is 5.91 Å². The Kier molecular flexibility index (Phi) is 5.01. The van der Waals surface area contributed by atoms with E-state index >= 15 is 0 Å². The predicted molar refractivity (Wildman–Crippen MR) is 93.1 cm³/mol. The molecule has 2 aromatic rings. The number of rotatable bonds is 4. The zero-order chi connectivity index (χ0) is 17.4. The number of fused-ring (bicyclic) bond motifs is 1. The monoisotopic (exact) mass is 355 g/mol. The van der Waals surface area contributed by atoms with Crippen molar-refractivity contribution in [1.82, 2.24) is 14.9 Å². The van der Waals surface area contributed by atoms with Crippen LogP contribution in [0.1, 0.15) is 32.6 Å². The van der Waals surface area contributed by atoms with Crippen molar-refractivity contribution >= 4 is 40.0 Å². The maximum absolute atomic E-state index is 12.4. The molecule has 1 aromatic heterocycles. The van der Waals surface area contributed by atoms with Crippen molar-refractivity contribution < 1.29 is 4.79 Å². The third kappa shape index (κ3) is 3.51. The summed E-state index contributed by atoms with van der Waals surface area (Å²) >= 11 is 11.8. The van der Waals surface area contributed by atoms with Gasteiger partial charge in [0.15, 0.2) is 0 Å². The van der Waals surface area contributed by atoms with Crippen LogP contribution in [0, 0.1) is 5.41 Å².